The normalized spacial score (nSPS) is 11.7. The lowest BCUT2D eigenvalue weighted by Crippen LogP contribution is -2.27. The van der Waals surface area contributed by atoms with Crippen molar-refractivity contribution in [1.29, 1.82) is 0 Å². The molecule has 130 valence electrons. The third-order valence-corrected chi connectivity index (χ3v) is 5.54. The summed E-state index contributed by atoms with van der Waals surface area (Å²) in [6, 6.07) is 7.90. The molecule has 0 fully saturated rings. The molecule has 0 aliphatic carbocycles. The Bertz CT molecular complexity index is 1160. The number of benzene rings is 2. The topological polar surface area (TPSA) is 81.1 Å². The van der Waals surface area contributed by atoms with Crippen molar-refractivity contribution in [3.8, 4) is 0 Å². The maximum Gasteiger partial charge on any atom is 0.280 e. The molecule has 1 N–H and O–H groups in total. The number of hydrogen-bond acceptors (Lipinski definition) is 5. The summed E-state index contributed by atoms with van der Waals surface area (Å²) in [5.41, 5.74) is 4.06. The first-order chi connectivity index (χ1) is 11.7. The van der Waals surface area contributed by atoms with Gasteiger partial charge in [0.1, 0.15) is 6.33 Å². The highest BCUT2D eigenvalue weighted by atomic mass is 79.9. The van der Waals surface area contributed by atoms with E-state index in [0.717, 1.165) is 16.5 Å². The first-order valence-electron chi connectivity index (χ1n) is 7.11. The molecule has 0 atom stereocenters. The van der Waals surface area contributed by atoms with Gasteiger partial charge in [-0.2, -0.15) is 0 Å². The molecular formula is C16H13BrClN3O3S. The molecule has 3 rings (SSSR count). The predicted molar refractivity (Wildman–Crippen MR) is 102 cm³/mol. The standard InChI is InChI=1S/C16H13BrClN3O3S/c1-9-5-11-15(12(17)6-9)19-8-21(16(11)22)20-13-7-10(18)3-4-14(13)25(2,23)24/h3-8,20H,1-2H3. The van der Waals surface area contributed by atoms with Crippen LogP contribution in [0.5, 0.6) is 0 Å². The van der Waals surface area contributed by atoms with Crippen LogP contribution in [-0.2, 0) is 9.84 Å². The molecule has 9 heteroatoms. The Balaban J connectivity index is 2.19. The number of hydrogen-bond donors (Lipinski definition) is 1. The lowest BCUT2D eigenvalue weighted by molar-refractivity contribution is 0.602. The Labute approximate surface area is 157 Å². The van der Waals surface area contributed by atoms with Crippen LogP contribution in [0.15, 0.2) is 50.8 Å². The number of halogens is 2. The lowest BCUT2D eigenvalue weighted by Gasteiger charge is -2.14. The maximum absolute atomic E-state index is 12.7. The number of anilines is 1. The molecule has 0 radical (unpaired) electrons. The minimum atomic E-state index is -3.50. The quantitative estimate of drug-likeness (QED) is 0.672. The van der Waals surface area contributed by atoms with Crippen LogP contribution >= 0.6 is 27.5 Å². The molecule has 1 aromatic heterocycles. The number of nitrogens with one attached hydrogen (secondary N) is 1. The Morgan fingerprint density at radius 3 is 2.64 bits per heavy atom. The zero-order valence-electron chi connectivity index (χ0n) is 13.2. The summed E-state index contributed by atoms with van der Waals surface area (Å²) in [6.07, 6.45) is 2.39. The van der Waals surface area contributed by atoms with Crippen molar-refractivity contribution < 1.29 is 8.42 Å². The Morgan fingerprint density at radius 2 is 1.96 bits per heavy atom. The summed E-state index contributed by atoms with van der Waals surface area (Å²) in [5, 5.41) is 0.750. The summed E-state index contributed by atoms with van der Waals surface area (Å²) >= 11 is 9.36. The number of aromatic nitrogens is 2. The van der Waals surface area contributed by atoms with Crippen molar-refractivity contribution in [3.05, 3.63) is 62.1 Å². The molecular weight excluding hydrogens is 430 g/mol. The number of fused-ring (bicyclic) bond motifs is 1. The minimum Gasteiger partial charge on any atom is -0.289 e. The monoisotopic (exact) mass is 441 g/mol. The van der Waals surface area contributed by atoms with Gasteiger partial charge >= 0.3 is 0 Å². The van der Waals surface area contributed by atoms with E-state index in [1.54, 1.807) is 6.07 Å². The molecule has 6 nitrogen and oxygen atoms in total. The van der Waals surface area contributed by atoms with Crippen LogP contribution in [0.4, 0.5) is 5.69 Å². The van der Waals surface area contributed by atoms with E-state index in [2.05, 4.69) is 26.3 Å². The van der Waals surface area contributed by atoms with E-state index in [-0.39, 0.29) is 16.1 Å². The van der Waals surface area contributed by atoms with Crippen LogP contribution in [0.2, 0.25) is 5.02 Å². The summed E-state index contributed by atoms with van der Waals surface area (Å²) < 4.78 is 25.7. The fourth-order valence-electron chi connectivity index (χ4n) is 2.45. The summed E-state index contributed by atoms with van der Waals surface area (Å²) in [6.45, 7) is 1.87. The fourth-order valence-corrected chi connectivity index (χ4v) is 4.12. The van der Waals surface area contributed by atoms with Gasteiger partial charge in [-0.05, 0) is 58.7 Å². The third kappa shape index (κ3) is 3.56. The van der Waals surface area contributed by atoms with Gasteiger partial charge in [-0.3, -0.25) is 10.2 Å². The van der Waals surface area contributed by atoms with Gasteiger partial charge in [0.2, 0.25) is 0 Å². The number of sulfone groups is 1. The van der Waals surface area contributed by atoms with E-state index in [1.807, 2.05) is 13.0 Å². The molecule has 0 aliphatic rings. The van der Waals surface area contributed by atoms with E-state index < -0.39 is 9.84 Å². The number of nitrogens with zero attached hydrogens (tertiary/aromatic N) is 2. The zero-order valence-corrected chi connectivity index (χ0v) is 16.4. The molecule has 0 bridgehead atoms. The van der Waals surface area contributed by atoms with Crippen LogP contribution in [0.1, 0.15) is 5.56 Å². The Hall–Kier alpha value is -1.90. The molecule has 0 aliphatic heterocycles. The lowest BCUT2D eigenvalue weighted by atomic mass is 10.2. The van der Waals surface area contributed by atoms with Gasteiger partial charge in [-0.25, -0.2) is 18.1 Å². The van der Waals surface area contributed by atoms with Crippen molar-refractivity contribution in [2.75, 3.05) is 11.7 Å². The molecule has 25 heavy (non-hydrogen) atoms. The number of rotatable bonds is 3. The highest BCUT2D eigenvalue weighted by Crippen LogP contribution is 2.26. The summed E-state index contributed by atoms with van der Waals surface area (Å²) in [4.78, 5) is 17.0. The second-order valence-electron chi connectivity index (χ2n) is 5.59. The summed E-state index contributed by atoms with van der Waals surface area (Å²) in [5.74, 6) is 0. The van der Waals surface area contributed by atoms with Gasteiger partial charge in [-0.1, -0.05) is 11.6 Å². The molecule has 0 saturated carbocycles. The van der Waals surface area contributed by atoms with Crippen LogP contribution < -0.4 is 11.0 Å². The van der Waals surface area contributed by atoms with E-state index in [0.29, 0.717) is 20.4 Å². The van der Waals surface area contributed by atoms with Gasteiger partial charge in [0, 0.05) is 15.8 Å². The third-order valence-electron chi connectivity index (χ3n) is 3.54. The SMILES string of the molecule is Cc1cc(Br)c2ncn(Nc3cc(Cl)ccc3S(C)(=O)=O)c(=O)c2c1. The van der Waals surface area contributed by atoms with Crippen LogP contribution in [0.3, 0.4) is 0 Å². The van der Waals surface area contributed by atoms with Gasteiger partial charge < -0.3 is 0 Å². The van der Waals surface area contributed by atoms with Crippen molar-refractivity contribution in [2.24, 2.45) is 0 Å². The van der Waals surface area contributed by atoms with E-state index in [1.165, 1.54) is 24.5 Å². The molecule has 0 saturated heterocycles. The number of aryl methyl sites for hydroxylation is 1. The van der Waals surface area contributed by atoms with Gasteiger partial charge in [-0.15, -0.1) is 0 Å². The molecule has 0 amide bonds. The first kappa shape index (κ1) is 17.9. The Morgan fingerprint density at radius 1 is 1.24 bits per heavy atom. The van der Waals surface area contributed by atoms with E-state index in [4.69, 9.17) is 11.6 Å². The maximum atomic E-state index is 12.7. The Kier molecular flexibility index (Phi) is 4.61. The largest absolute Gasteiger partial charge is 0.289 e. The molecule has 0 unspecified atom stereocenters. The summed E-state index contributed by atoms with van der Waals surface area (Å²) in [7, 11) is -3.50. The molecule has 3 aromatic rings. The highest BCUT2D eigenvalue weighted by molar-refractivity contribution is 9.10. The van der Waals surface area contributed by atoms with Crippen molar-refractivity contribution >= 4 is 54.0 Å². The molecule has 2 aromatic carbocycles. The van der Waals surface area contributed by atoms with Crippen LogP contribution in [-0.4, -0.2) is 24.3 Å². The smallest absolute Gasteiger partial charge is 0.280 e. The second-order valence-corrected chi connectivity index (χ2v) is 8.86. The van der Waals surface area contributed by atoms with Gasteiger partial charge in [0.15, 0.2) is 9.84 Å². The van der Waals surface area contributed by atoms with E-state index >= 15 is 0 Å². The molecule has 1 heterocycles. The van der Waals surface area contributed by atoms with Crippen LogP contribution in [0, 0.1) is 6.92 Å². The van der Waals surface area contributed by atoms with Gasteiger partial charge in [0.05, 0.1) is 21.5 Å². The van der Waals surface area contributed by atoms with Crippen molar-refractivity contribution in [3.63, 3.8) is 0 Å². The fraction of sp³-hybridized carbons (Fsp3) is 0.125. The average Bonchev–Trinajstić information content (AvgIpc) is 2.49. The van der Waals surface area contributed by atoms with E-state index in [9.17, 15) is 13.2 Å². The average molecular weight is 443 g/mol. The van der Waals surface area contributed by atoms with Crippen molar-refractivity contribution in [1.82, 2.24) is 9.66 Å². The predicted octanol–water partition coefficient (Wildman–Crippen LogP) is 3.40. The molecule has 0 spiro atoms. The van der Waals surface area contributed by atoms with Crippen LogP contribution in [0.25, 0.3) is 10.9 Å². The van der Waals surface area contributed by atoms with Crippen molar-refractivity contribution in [2.45, 2.75) is 11.8 Å². The first-order valence-corrected chi connectivity index (χ1v) is 10.2. The second kappa shape index (κ2) is 6.44. The zero-order chi connectivity index (χ0) is 18.4. The van der Waals surface area contributed by atoms with Gasteiger partial charge in [0.25, 0.3) is 5.56 Å². The highest BCUT2D eigenvalue weighted by Gasteiger charge is 2.15. The minimum absolute atomic E-state index is 0.0364.